The van der Waals surface area contributed by atoms with E-state index in [9.17, 15) is 18.3 Å². The normalized spacial score (nSPS) is 12.7. The van der Waals surface area contributed by atoms with Crippen molar-refractivity contribution in [1.29, 1.82) is 0 Å². The van der Waals surface area contributed by atoms with E-state index >= 15 is 0 Å². The number of hydrogen-bond donors (Lipinski definition) is 2. The molecule has 1 atom stereocenters. The Morgan fingerprint density at radius 1 is 0.920 bits per heavy atom. The second-order valence-corrected chi connectivity index (χ2v) is 6.81. The molecule has 0 saturated carbocycles. The Morgan fingerprint density at radius 2 is 1.56 bits per heavy atom. The highest BCUT2D eigenvalue weighted by Gasteiger charge is 2.29. The Hall–Kier alpha value is -2.74. The van der Waals surface area contributed by atoms with Crippen LogP contribution in [0.5, 0.6) is 11.5 Å². The molecule has 0 aromatic heterocycles. The average molecular weight is 358 g/mol. The van der Waals surface area contributed by atoms with Gasteiger partial charge in [0.05, 0.1) is 0 Å². The lowest BCUT2D eigenvalue weighted by Crippen LogP contribution is -2.29. The van der Waals surface area contributed by atoms with Gasteiger partial charge in [-0.1, -0.05) is 36.4 Å². The van der Waals surface area contributed by atoms with Gasteiger partial charge in [-0.15, -0.1) is 0 Å². The van der Waals surface area contributed by atoms with Gasteiger partial charge in [-0.05, 0) is 35.7 Å². The molecule has 0 heterocycles. The lowest BCUT2D eigenvalue weighted by molar-refractivity contribution is 0.0848. The summed E-state index contributed by atoms with van der Waals surface area (Å²) in [4.78, 5) is 11.8. The van der Waals surface area contributed by atoms with Gasteiger partial charge >= 0.3 is 0 Å². The van der Waals surface area contributed by atoms with E-state index in [4.69, 9.17) is 9.29 Å². The fraction of sp³-hybridized carbons (Fsp3) is 0.0556. The molecule has 0 saturated heterocycles. The summed E-state index contributed by atoms with van der Waals surface area (Å²) >= 11 is 0. The number of benzene rings is 3. The summed E-state index contributed by atoms with van der Waals surface area (Å²) in [5.41, 5.74) is -2.56. The highest BCUT2D eigenvalue weighted by molar-refractivity contribution is 7.87. The van der Waals surface area contributed by atoms with Gasteiger partial charge < -0.3 is 9.84 Å². The molecule has 128 valence electrons. The molecule has 3 aromatic rings. The summed E-state index contributed by atoms with van der Waals surface area (Å²) in [6, 6.07) is 18.9. The van der Waals surface area contributed by atoms with Crippen LogP contribution in [0.4, 0.5) is 0 Å². The van der Waals surface area contributed by atoms with E-state index in [-0.39, 0.29) is 5.56 Å². The molecule has 0 aliphatic carbocycles. The minimum atomic E-state index is -4.86. The minimum absolute atomic E-state index is 0.0598. The maximum atomic E-state index is 11.8. The van der Waals surface area contributed by atoms with Crippen LogP contribution in [0.1, 0.15) is 10.4 Å². The average Bonchev–Trinajstić information content (AvgIpc) is 2.61. The van der Waals surface area contributed by atoms with Gasteiger partial charge in [0.25, 0.3) is 10.1 Å². The van der Waals surface area contributed by atoms with Crippen molar-refractivity contribution in [1.82, 2.24) is 0 Å². The maximum Gasteiger partial charge on any atom is 0.299 e. The van der Waals surface area contributed by atoms with Crippen molar-refractivity contribution >= 4 is 26.7 Å². The Bertz CT molecular complexity index is 1020. The van der Waals surface area contributed by atoms with Gasteiger partial charge in [0, 0.05) is 10.9 Å². The Kier molecular flexibility index (Phi) is 4.54. The first-order chi connectivity index (χ1) is 11.9. The fourth-order valence-electron chi connectivity index (χ4n) is 2.38. The molecule has 0 bridgehead atoms. The standard InChI is InChI=1S/C18H14O6S/c19-17(18(20)25(21,22)23)13-8-10-14(11-9-13)24-16-7-3-5-12-4-1-2-6-15(12)16/h1-11,18,20H,(H,21,22,23). The van der Waals surface area contributed by atoms with E-state index in [1.54, 1.807) is 0 Å². The topological polar surface area (TPSA) is 101 Å². The third kappa shape index (κ3) is 3.69. The van der Waals surface area contributed by atoms with E-state index in [1.807, 2.05) is 42.5 Å². The quantitative estimate of drug-likeness (QED) is 0.537. The van der Waals surface area contributed by atoms with Crippen LogP contribution >= 0.6 is 0 Å². The van der Waals surface area contributed by atoms with Crippen molar-refractivity contribution in [2.75, 3.05) is 0 Å². The van der Waals surface area contributed by atoms with Gasteiger partial charge in [-0.3, -0.25) is 9.35 Å². The van der Waals surface area contributed by atoms with Crippen LogP contribution in [-0.4, -0.2) is 29.3 Å². The summed E-state index contributed by atoms with van der Waals surface area (Å²) in [5, 5.41) is 11.3. The van der Waals surface area contributed by atoms with Crippen LogP contribution in [0, 0.1) is 0 Å². The van der Waals surface area contributed by atoms with Crippen molar-refractivity contribution in [3.63, 3.8) is 0 Å². The summed E-state index contributed by atoms with van der Waals surface area (Å²) in [7, 11) is -4.86. The summed E-state index contributed by atoms with van der Waals surface area (Å²) < 4.78 is 36.2. The molecule has 0 aliphatic heterocycles. The molecule has 25 heavy (non-hydrogen) atoms. The minimum Gasteiger partial charge on any atom is -0.457 e. The van der Waals surface area contributed by atoms with Gasteiger partial charge in [0.15, 0.2) is 0 Å². The molecule has 0 amide bonds. The number of aliphatic hydroxyl groups excluding tert-OH is 1. The first kappa shape index (κ1) is 17.1. The zero-order valence-electron chi connectivity index (χ0n) is 12.9. The third-order valence-electron chi connectivity index (χ3n) is 3.62. The van der Waals surface area contributed by atoms with Crippen LogP contribution in [0.2, 0.25) is 0 Å². The molecule has 1 unspecified atom stereocenters. The van der Waals surface area contributed by atoms with Crippen LogP contribution in [0.3, 0.4) is 0 Å². The van der Waals surface area contributed by atoms with Gasteiger partial charge in [0.1, 0.15) is 11.5 Å². The molecular formula is C18H14O6S. The number of carbonyl (C=O) groups is 1. The number of hydrogen-bond acceptors (Lipinski definition) is 5. The Morgan fingerprint density at radius 3 is 2.24 bits per heavy atom. The van der Waals surface area contributed by atoms with E-state index in [2.05, 4.69) is 0 Å². The largest absolute Gasteiger partial charge is 0.457 e. The molecule has 0 aliphatic rings. The van der Waals surface area contributed by atoms with Crippen molar-refractivity contribution in [3.8, 4) is 11.5 Å². The lowest BCUT2D eigenvalue weighted by Gasteiger charge is -2.10. The molecule has 7 heteroatoms. The highest BCUT2D eigenvalue weighted by Crippen LogP contribution is 2.29. The molecular weight excluding hydrogens is 344 g/mol. The highest BCUT2D eigenvalue weighted by atomic mass is 32.2. The van der Waals surface area contributed by atoms with Crippen LogP contribution in [0.25, 0.3) is 10.8 Å². The molecule has 0 fully saturated rings. The van der Waals surface area contributed by atoms with Gasteiger partial charge in [0.2, 0.25) is 11.2 Å². The summed E-state index contributed by atoms with van der Waals surface area (Å²) in [5.74, 6) is -0.0383. The molecule has 0 spiro atoms. The van der Waals surface area contributed by atoms with E-state index < -0.39 is 21.3 Å². The smallest absolute Gasteiger partial charge is 0.299 e. The predicted octanol–water partition coefficient (Wildman–Crippen LogP) is 3.02. The third-order valence-corrected chi connectivity index (χ3v) is 4.40. The molecule has 3 rings (SSSR count). The Labute approximate surface area is 144 Å². The number of ether oxygens (including phenoxy) is 1. The van der Waals surface area contributed by atoms with E-state index in [0.717, 1.165) is 10.8 Å². The number of fused-ring (bicyclic) bond motifs is 1. The lowest BCUT2D eigenvalue weighted by atomic mass is 10.1. The molecule has 2 N–H and O–H groups in total. The monoisotopic (exact) mass is 358 g/mol. The van der Waals surface area contributed by atoms with Crippen LogP contribution in [0.15, 0.2) is 66.7 Å². The SMILES string of the molecule is O=C(c1ccc(Oc2cccc3ccccc23)cc1)C(O)S(=O)(=O)O. The first-order valence-corrected chi connectivity index (χ1v) is 8.81. The molecule has 6 nitrogen and oxygen atoms in total. The number of aliphatic hydroxyl groups is 1. The molecule has 3 aromatic carbocycles. The first-order valence-electron chi connectivity index (χ1n) is 7.30. The number of Topliss-reactive ketones (excluding diaryl/α,β-unsaturated/α-hetero) is 1. The zero-order chi connectivity index (χ0) is 18.0. The van der Waals surface area contributed by atoms with Crippen molar-refractivity contribution in [2.24, 2.45) is 0 Å². The predicted molar refractivity (Wildman–Crippen MR) is 92.3 cm³/mol. The summed E-state index contributed by atoms with van der Waals surface area (Å²) in [6.45, 7) is 0. The molecule has 0 radical (unpaired) electrons. The maximum absolute atomic E-state index is 11.8. The van der Waals surface area contributed by atoms with E-state index in [0.29, 0.717) is 11.5 Å². The fourth-order valence-corrected chi connectivity index (χ4v) is 2.78. The van der Waals surface area contributed by atoms with Crippen LogP contribution < -0.4 is 4.74 Å². The second kappa shape index (κ2) is 6.64. The van der Waals surface area contributed by atoms with Crippen molar-refractivity contribution < 1.29 is 27.6 Å². The van der Waals surface area contributed by atoms with Gasteiger partial charge in [-0.2, -0.15) is 8.42 Å². The van der Waals surface area contributed by atoms with E-state index in [1.165, 1.54) is 24.3 Å². The van der Waals surface area contributed by atoms with Crippen molar-refractivity contribution in [2.45, 2.75) is 5.44 Å². The second-order valence-electron chi connectivity index (χ2n) is 5.34. The number of carbonyl (C=O) groups excluding carboxylic acids is 1. The number of rotatable bonds is 5. The van der Waals surface area contributed by atoms with Crippen LogP contribution in [-0.2, 0) is 10.1 Å². The zero-order valence-corrected chi connectivity index (χ0v) is 13.7. The summed E-state index contributed by atoms with van der Waals surface area (Å²) in [6.07, 6.45) is 0. The Balaban J connectivity index is 1.85. The van der Waals surface area contributed by atoms with Gasteiger partial charge in [-0.25, -0.2) is 0 Å². The van der Waals surface area contributed by atoms with Crippen molar-refractivity contribution in [3.05, 3.63) is 72.3 Å². The number of ketones is 1.